The Hall–Kier alpha value is -1.57. The minimum Gasteiger partial charge on any atom is -0.454 e. The molecule has 17 heavy (non-hydrogen) atoms. The molecule has 0 saturated heterocycles. The molecule has 2 heteroatoms. The third-order valence-corrected chi connectivity index (χ3v) is 3.40. The van der Waals surface area contributed by atoms with Gasteiger partial charge in [-0.05, 0) is 44.2 Å². The van der Waals surface area contributed by atoms with Crippen LogP contribution in [0.1, 0.15) is 32.3 Å². The number of hydrogen-bond donors (Lipinski definition) is 0. The fourth-order valence-corrected chi connectivity index (χ4v) is 2.12. The Morgan fingerprint density at radius 2 is 1.88 bits per heavy atom. The molecule has 0 radical (unpaired) electrons. The molecule has 1 heterocycles. The molecule has 0 fully saturated rings. The minimum atomic E-state index is -0.146. The molecule has 0 aliphatic carbocycles. The van der Waals surface area contributed by atoms with Gasteiger partial charge in [-0.25, -0.2) is 4.79 Å². The number of ether oxygens (including phenoxy) is 1. The van der Waals surface area contributed by atoms with Crippen LogP contribution in [0.15, 0.2) is 41.5 Å². The zero-order valence-electron chi connectivity index (χ0n) is 10.4. The number of carbonyl (C=O) groups is 1. The Balaban J connectivity index is 1.83. The molecule has 0 N–H and O–H groups in total. The second kappa shape index (κ2) is 5.17. The molecular weight excluding hydrogens is 212 g/mol. The van der Waals surface area contributed by atoms with E-state index in [9.17, 15) is 4.79 Å². The van der Waals surface area contributed by atoms with E-state index in [4.69, 9.17) is 4.74 Å². The van der Waals surface area contributed by atoms with Crippen molar-refractivity contribution in [3.8, 4) is 0 Å². The van der Waals surface area contributed by atoms with Crippen LogP contribution in [0.3, 0.4) is 0 Å². The monoisotopic (exact) mass is 230 g/mol. The van der Waals surface area contributed by atoms with Gasteiger partial charge >= 0.3 is 5.97 Å². The van der Waals surface area contributed by atoms with Crippen molar-refractivity contribution in [1.82, 2.24) is 0 Å². The van der Waals surface area contributed by atoms with E-state index in [1.807, 2.05) is 19.9 Å². The fraction of sp³-hybridized carbons (Fsp3) is 0.400. The van der Waals surface area contributed by atoms with Crippen LogP contribution in [0.5, 0.6) is 0 Å². The van der Waals surface area contributed by atoms with Crippen molar-refractivity contribution >= 4 is 5.97 Å². The molecule has 1 aliphatic heterocycles. The molecule has 0 amide bonds. The summed E-state index contributed by atoms with van der Waals surface area (Å²) in [6.45, 7) is 3.84. The molecule has 2 nitrogen and oxygen atoms in total. The number of rotatable bonds is 4. The predicted octanol–water partition coefficient (Wildman–Crippen LogP) is 3.27. The van der Waals surface area contributed by atoms with Crippen molar-refractivity contribution in [2.24, 2.45) is 0 Å². The van der Waals surface area contributed by atoms with Crippen LogP contribution in [0, 0.1) is 0 Å². The largest absolute Gasteiger partial charge is 0.454 e. The Morgan fingerprint density at radius 1 is 1.18 bits per heavy atom. The lowest BCUT2D eigenvalue weighted by molar-refractivity contribution is -0.139. The van der Waals surface area contributed by atoms with Crippen molar-refractivity contribution in [3.63, 3.8) is 0 Å². The lowest BCUT2D eigenvalue weighted by atomic mass is 10.0. The number of carbonyl (C=O) groups excluding carboxylic acids is 1. The van der Waals surface area contributed by atoms with Crippen molar-refractivity contribution in [1.29, 1.82) is 0 Å². The van der Waals surface area contributed by atoms with Crippen LogP contribution in [-0.4, -0.2) is 12.1 Å². The normalized spacial score (nSPS) is 19.6. The van der Waals surface area contributed by atoms with Crippen LogP contribution in [0.25, 0.3) is 0 Å². The standard InChI is InChI=1S/C15H18O2/c1-11-12(2)15(16)17-14(11)10-6-9-13-7-4-3-5-8-13/h3-5,7-8,14H,6,9-10H2,1-2H3. The summed E-state index contributed by atoms with van der Waals surface area (Å²) in [6.07, 6.45) is 3.02. The molecular formula is C15H18O2. The van der Waals surface area contributed by atoms with Gasteiger partial charge < -0.3 is 4.74 Å². The second-order valence-electron chi connectivity index (χ2n) is 4.58. The molecule has 1 unspecified atom stereocenters. The Labute approximate surface area is 102 Å². The molecule has 1 aromatic rings. The molecule has 1 aromatic carbocycles. The van der Waals surface area contributed by atoms with Crippen LogP contribution in [0.2, 0.25) is 0 Å². The molecule has 0 saturated carbocycles. The maximum Gasteiger partial charge on any atom is 0.334 e. The van der Waals surface area contributed by atoms with Gasteiger partial charge in [0.15, 0.2) is 0 Å². The first kappa shape index (κ1) is 11.9. The first-order valence-electron chi connectivity index (χ1n) is 6.11. The summed E-state index contributed by atoms with van der Waals surface area (Å²) in [7, 11) is 0. The minimum absolute atomic E-state index is 0.00575. The molecule has 0 spiro atoms. The summed E-state index contributed by atoms with van der Waals surface area (Å²) in [4.78, 5) is 11.3. The number of hydrogen-bond acceptors (Lipinski definition) is 2. The molecule has 1 atom stereocenters. The Morgan fingerprint density at radius 3 is 2.47 bits per heavy atom. The van der Waals surface area contributed by atoms with Crippen molar-refractivity contribution in [3.05, 3.63) is 47.0 Å². The average Bonchev–Trinajstić information content (AvgIpc) is 2.59. The topological polar surface area (TPSA) is 26.3 Å². The Bertz CT molecular complexity index is 431. The summed E-state index contributed by atoms with van der Waals surface area (Å²) >= 11 is 0. The molecule has 2 rings (SSSR count). The number of benzene rings is 1. The Kier molecular flexibility index (Phi) is 3.62. The van der Waals surface area contributed by atoms with E-state index in [1.165, 1.54) is 5.56 Å². The van der Waals surface area contributed by atoms with Crippen molar-refractivity contribution < 1.29 is 9.53 Å². The molecule has 1 aliphatic rings. The first-order chi connectivity index (χ1) is 8.18. The van der Waals surface area contributed by atoms with Gasteiger partial charge in [0.25, 0.3) is 0 Å². The summed E-state index contributed by atoms with van der Waals surface area (Å²) < 4.78 is 5.31. The number of aryl methyl sites for hydroxylation is 1. The molecule has 0 aromatic heterocycles. The van der Waals surface area contributed by atoms with Gasteiger partial charge in [0, 0.05) is 5.57 Å². The van der Waals surface area contributed by atoms with Crippen LogP contribution in [0.4, 0.5) is 0 Å². The van der Waals surface area contributed by atoms with E-state index in [1.54, 1.807) is 0 Å². The van der Waals surface area contributed by atoms with E-state index in [-0.39, 0.29) is 12.1 Å². The number of cyclic esters (lactones) is 1. The third-order valence-electron chi connectivity index (χ3n) is 3.40. The lowest BCUT2D eigenvalue weighted by Gasteiger charge is -2.11. The van der Waals surface area contributed by atoms with E-state index >= 15 is 0 Å². The van der Waals surface area contributed by atoms with Crippen LogP contribution < -0.4 is 0 Å². The summed E-state index contributed by atoms with van der Waals surface area (Å²) in [6, 6.07) is 10.4. The first-order valence-corrected chi connectivity index (χ1v) is 6.11. The maximum absolute atomic E-state index is 11.3. The van der Waals surface area contributed by atoms with E-state index in [0.29, 0.717) is 0 Å². The summed E-state index contributed by atoms with van der Waals surface area (Å²) in [5, 5.41) is 0. The maximum atomic E-state index is 11.3. The molecule has 0 bridgehead atoms. The van der Waals surface area contributed by atoms with Gasteiger partial charge in [0.1, 0.15) is 6.10 Å². The highest BCUT2D eigenvalue weighted by atomic mass is 16.5. The molecule has 90 valence electrons. The zero-order valence-corrected chi connectivity index (χ0v) is 10.4. The van der Waals surface area contributed by atoms with E-state index < -0.39 is 0 Å². The predicted molar refractivity (Wildman–Crippen MR) is 67.6 cm³/mol. The lowest BCUT2D eigenvalue weighted by Crippen LogP contribution is -2.10. The van der Waals surface area contributed by atoms with Crippen molar-refractivity contribution in [2.45, 2.75) is 39.2 Å². The van der Waals surface area contributed by atoms with Gasteiger partial charge in [-0.15, -0.1) is 0 Å². The third kappa shape index (κ3) is 2.76. The van der Waals surface area contributed by atoms with Crippen LogP contribution >= 0.6 is 0 Å². The van der Waals surface area contributed by atoms with Gasteiger partial charge in [0.2, 0.25) is 0 Å². The van der Waals surface area contributed by atoms with E-state index in [0.717, 1.165) is 30.4 Å². The summed E-state index contributed by atoms with van der Waals surface area (Å²) in [5.74, 6) is -0.146. The fourth-order valence-electron chi connectivity index (χ4n) is 2.12. The highest BCUT2D eigenvalue weighted by Gasteiger charge is 2.27. The van der Waals surface area contributed by atoms with Crippen molar-refractivity contribution in [2.75, 3.05) is 0 Å². The van der Waals surface area contributed by atoms with Gasteiger partial charge in [0.05, 0.1) is 0 Å². The van der Waals surface area contributed by atoms with E-state index in [2.05, 4.69) is 24.3 Å². The highest BCUT2D eigenvalue weighted by molar-refractivity contribution is 5.91. The van der Waals surface area contributed by atoms with Gasteiger partial charge in [-0.2, -0.15) is 0 Å². The zero-order chi connectivity index (χ0) is 12.3. The van der Waals surface area contributed by atoms with Crippen LogP contribution in [-0.2, 0) is 16.0 Å². The SMILES string of the molecule is CC1=C(C)C(CCCc2ccccc2)OC1=O. The van der Waals surface area contributed by atoms with Gasteiger partial charge in [-0.1, -0.05) is 30.3 Å². The number of esters is 1. The smallest absolute Gasteiger partial charge is 0.334 e. The van der Waals surface area contributed by atoms with Gasteiger partial charge in [-0.3, -0.25) is 0 Å². The average molecular weight is 230 g/mol. The quantitative estimate of drug-likeness (QED) is 0.742. The summed E-state index contributed by atoms with van der Waals surface area (Å²) in [5.41, 5.74) is 3.23. The highest BCUT2D eigenvalue weighted by Crippen LogP contribution is 2.25. The second-order valence-corrected chi connectivity index (χ2v) is 4.58.